The Balaban J connectivity index is 2.01. The number of hydrogen-bond acceptors (Lipinski definition) is 5. The molecule has 3 aromatic rings. The third-order valence-corrected chi connectivity index (χ3v) is 3.77. The summed E-state index contributed by atoms with van der Waals surface area (Å²) in [7, 11) is -3.84. The van der Waals surface area contributed by atoms with Gasteiger partial charge in [0, 0.05) is 17.8 Å². The lowest BCUT2D eigenvalue weighted by molar-refractivity contribution is 0.593. The van der Waals surface area contributed by atoms with Crippen molar-refractivity contribution in [2.75, 3.05) is 4.72 Å². The second-order valence-electron chi connectivity index (χ2n) is 4.03. The van der Waals surface area contributed by atoms with Crippen LogP contribution in [0.25, 0.3) is 10.9 Å². The highest BCUT2D eigenvalue weighted by Crippen LogP contribution is 2.14. The first-order valence-corrected chi connectivity index (χ1v) is 7.29. The number of sulfonamides is 1. The van der Waals surface area contributed by atoms with Crippen LogP contribution in [0.3, 0.4) is 0 Å². The lowest BCUT2D eigenvalue weighted by atomic mass is 10.2. The average molecular weight is 286 g/mol. The van der Waals surface area contributed by atoms with Gasteiger partial charge in [0.2, 0.25) is 0 Å². The van der Waals surface area contributed by atoms with Gasteiger partial charge in [0.1, 0.15) is 5.82 Å². The van der Waals surface area contributed by atoms with Gasteiger partial charge in [0.15, 0.2) is 0 Å². The Kier molecular flexibility index (Phi) is 3.03. The predicted octanol–water partition coefficient (Wildman–Crippen LogP) is 1.83. The fourth-order valence-electron chi connectivity index (χ4n) is 1.69. The molecule has 100 valence electrons. The maximum atomic E-state index is 12.2. The summed E-state index contributed by atoms with van der Waals surface area (Å²) in [6.45, 7) is 0. The van der Waals surface area contributed by atoms with E-state index in [1.807, 2.05) is 12.1 Å². The second-order valence-corrected chi connectivity index (χ2v) is 5.61. The predicted molar refractivity (Wildman–Crippen MR) is 74.6 cm³/mol. The fraction of sp³-hybridized carbons (Fsp3) is 0. The summed E-state index contributed by atoms with van der Waals surface area (Å²) in [5.41, 5.74) is 0.573. The number of nitrogens with one attached hydrogen (secondary N) is 1. The molecule has 0 radical (unpaired) electrons. The molecular weight excluding hydrogens is 276 g/mol. The third kappa shape index (κ3) is 2.43. The highest BCUT2D eigenvalue weighted by atomic mass is 32.2. The molecule has 0 saturated heterocycles. The zero-order valence-electron chi connectivity index (χ0n) is 10.3. The summed E-state index contributed by atoms with van der Waals surface area (Å²) < 4.78 is 26.7. The van der Waals surface area contributed by atoms with E-state index in [0.717, 1.165) is 5.39 Å². The maximum absolute atomic E-state index is 12.2. The van der Waals surface area contributed by atoms with E-state index in [1.54, 1.807) is 30.3 Å². The Bertz CT molecular complexity index is 850. The monoisotopic (exact) mass is 286 g/mol. The topological polar surface area (TPSA) is 84.8 Å². The van der Waals surface area contributed by atoms with Gasteiger partial charge in [-0.2, -0.15) is 8.42 Å². The zero-order valence-corrected chi connectivity index (χ0v) is 11.1. The van der Waals surface area contributed by atoms with Gasteiger partial charge in [-0.25, -0.2) is 15.0 Å². The van der Waals surface area contributed by atoms with Crippen molar-refractivity contribution in [1.29, 1.82) is 0 Å². The van der Waals surface area contributed by atoms with Crippen molar-refractivity contribution >= 4 is 26.7 Å². The minimum atomic E-state index is -3.84. The molecule has 6 nitrogen and oxygen atoms in total. The van der Waals surface area contributed by atoms with Gasteiger partial charge in [0.25, 0.3) is 15.2 Å². The van der Waals surface area contributed by atoms with Crippen LogP contribution in [-0.2, 0) is 10.0 Å². The largest absolute Gasteiger partial charge is 0.298 e. The number of rotatable bonds is 3. The first kappa shape index (κ1) is 12.5. The Morgan fingerprint density at radius 1 is 0.950 bits per heavy atom. The van der Waals surface area contributed by atoms with Gasteiger partial charge in [-0.05, 0) is 18.2 Å². The first-order valence-electron chi connectivity index (χ1n) is 5.81. The molecule has 1 aromatic carbocycles. The van der Waals surface area contributed by atoms with E-state index in [9.17, 15) is 8.42 Å². The lowest BCUT2D eigenvalue weighted by Gasteiger charge is -2.06. The van der Waals surface area contributed by atoms with E-state index in [-0.39, 0.29) is 11.0 Å². The van der Waals surface area contributed by atoms with Crippen LogP contribution in [0.5, 0.6) is 0 Å². The highest BCUT2D eigenvalue weighted by molar-refractivity contribution is 7.92. The molecule has 2 aromatic heterocycles. The van der Waals surface area contributed by atoms with E-state index in [4.69, 9.17) is 0 Å². The van der Waals surface area contributed by atoms with Crippen LogP contribution < -0.4 is 4.72 Å². The first-order chi connectivity index (χ1) is 9.65. The average Bonchev–Trinajstić information content (AvgIpc) is 2.47. The number of pyridine rings is 1. The van der Waals surface area contributed by atoms with Gasteiger partial charge < -0.3 is 0 Å². The molecule has 0 aliphatic heterocycles. The zero-order chi connectivity index (χ0) is 14.0. The molecule has 3 rings (SSSR count). The van der Waals surface area contributed by atoms with Crippen molar-refractivity contribution in [2.45, 2.75) is 5.16 Å². The number of benzene rings is 1. The maximum Gasteiger partial charge on any atom is 0.298 e. The van der Waals surface area contributed by atoms with E-state index in [0.29, 0.717) is 5.52 Å². The minimum Gasteiger partial charge on any atom is -0.261 e. The Morgan fingerprint density at radius 3 is 2.55 bits per heavy atom. The minimum absolute atomic E-state index is 0.226. The highest BCUT2D eigenvalue weighted by Gasteiger charge is 2.18. The Hall–Kier alpha value is -2.54. The summed E-state index contributed by atoms with van der Waals surface area (Å²) in [5.74, 6) is 0.226. The fourth-order valence-corrected chi connectivity index (χ4v) is 2.59. The summed E-state index contributed by atoms with van der Waals surface area (Å²) >= 11 is 0. The second kappa shape index (κ2) is 4.86. The Labute approximate surface area is 115 Å². The van der Waals surface area contributed by atoms with Crippen LogP contribution in [0.2, 0.25) is 0 Å². The van der Waals surface area contributed by atoms with Crippen molar-refractivity contribution in [2.24, 2.45) is 0 Å². The molecular formula is C13H10N4O2S. The molecule has 0 fully saturated rings. The molecule has 0 spiro atoms. The number of fused-ring (bicyclic) bond motifs is 1. The van der Waals surface area contributed by atoms with Crippen LogP contribution in [0, 0.1) is 0 Å². The molecule has 0 amide bonds. The van der Waals surface area contributed by atoms with Crippen LogP contribution in [-0.4, -0.2) is 23.4 Å². The summed E-state index contributed by atoms with van der Waals surface area (Å²) in [6, 6.07) is 12.1. The molecule has 2 heterocycles. The van der Waals surface area contributed by atoms with Gasteiger partial charge >= 0.3 is 0 Å². The molecule has 0 bridgehead atoms. The molecule has 7 heteroatoms. The van der Waals surface area contributed by atoms with Crippen LogP contribution in [0.1, 0.15) is 0 Å². The molecule has 0 atom stereocenters. The van der Waals surface area contributed by atoms with Gasteiger partial charge in [-0.1, -0.05) is 24.3 Å². The van der Waals surface area contributed by atoms with Gasteiger partial charge in [0.05, 0.1) is 5.52 Å². The molecule has 0 aliphatic rings. The summed E-state index contributed by atoms with van der Waals surface area (Å²) in [6.07, 6.45) is 2.98. The molecule has 1 N–H and O–H groups in total. The smallest absolute Gasteiger partial charge is 0.261 e. The van der Waals surface area contributed by atoms with Crippen LogP contribution >= 0.6 is 0 Å². The van der Waals surface area contributed by atoms with Crippen molar-refractivity contribution < 1.29 is 8.42 Å². The SMILES string of the molecule is O=S(=O)(Nc1ccccn1)c1ncc2ccccc2n1. The van der Waals surface area contributed by atoms with Crippen molar-refractivity contribution in [3.05, 3.63) is 54.9 Å². The van der Waals surface area contributed by atoms with Crippen LogP contribution in [0.15, 0.2) is 60.0 Å². The molecule has 20 heavy (non-hydrogen) atoms. The van der Waals surface area contributed by atoms with Crippen molar-refractivity contribution in [3.63, 3.8) is 0 Å². The van der Waals surface area contributed by atoms with Crippen molar-refractivity contribution in [1.82, 2.24) is 15.0 Å². The van der Waals surface area contributed by atoms with Crippen molar-refractivity contribution in [3.8, 4) is 0 Å². The lowest BCUT2D eigenvalue weighted by Crippen LogP contribution is -2.16. The van der Waals surface area contributed by atoms with E-state index < -0.39 is 10.0 Å². The van der Waals surface area contributed by atoms with Crippen LogP contribution in [0.4, 0.5) is 5.82 Å². The number of para-hydroxylation sites is 1. The van der Waals surface area contributed by atoms with Gasteiger partial charge in [-0.3, -0.25) is 4.72 Å². The molecule has 0 unspecified atom stereocenters. The number of hydrogen-bond donors (Lipinski definition) is 1. The number of nitrogens with zero attached hydrogens (tertiary/aromatic N) is 3. The third-order valence-electron chi connectivity index (χ3n) is 2.61. The Morgan fingerprint density at radius 2 is 1.75 bits per heavy atom. The van der Waals surface area contributed by atoms with E-state index in [1.165, 1.54) is 12.4 Å². The van der Waals surface area contributed by atoms with E-state index >= 15 is 0 Å². The van der Waals surface area contributed by atoms with E-state index in [2.05, 4.69) is 19.7 Å². The summed E-state index contributed by atoms with van der Waals surface area (Å²) in [4.78, 5) is 11.8. The molecule has 0 saturated carbocycles. The number of aromatic nitrogens is 3. The quantitative estimate of drug-likeness (QED) is 0.742. The number of anilines is 1. The standard InChI is InChI=1S/C13H10N4O2S/c18-20(19,17-12-7-3-4-8-14-12)13-15-9-10-5-1-2-6-11(10)16-13/h1-9H,(H,14,17). The van der Waals surface area contributed by atoms with Gasteiger partial charge in [-0.15, -0.1) is 0 Å². The summed E-state index contributed by atoms with van der Waals surface area (Å²) in [5, 5.41) is 0.506. The molecule has 0 aliphatic carbocycles. The normalized spacial score (nSPS) is 11.4.